The number of pyridine rings is 1. The van der Waals surface area contributed by atoms with Gasteiger partial charge in [0.05, 0.1) is 0 Å². The number of hydrogen-bond acceptors (Lipinski definition) is 1. The van der Waals surface area contributed by atoms with Crippen molar-refractivity contribution in [2.75, 3.05) is 0 Å². The Kier molecular flexibility index (Phi) is 3.21. The molecule has 0 amide bonds. The maximum atomic E-state index is 4.26. The molecule has 0 atom stereocenters. The van der Waals surface area contributed by atoms with Crippen molar-refractivity contribution in [3.05, 3.63) is 30.1 Å². The van der Waals surface area contributed by atoms with E-state index in [1.165, 1.54) is 10.1 Å². The van der Waals surface area contributed by atoms with Gasteiger partial charge in [0, 0.05) is 0 Å². The van der Waals surface area contributed by atoms with Gasteiger partial charge in [-0.25, -0.2) is 0 Å². The zero-order valence-electron chi connectivity index (χ0n) is 6.41. The molecule has 54 valence electrons. The molecule has 1 aromatic heterocycles. The Morgan fingerprint density at radius 3 is 2.70 bits per heavy atom. The van der Waals surface area contributed by atoms with Crippen LogP contribution in [0.1, 0.15) is 5.69 Å². The van der Waals surface area contributed by atoms with E-state index in [0.29, 0.717) is 0 Å². The number of hydrogen-bond donors (Lipinski definition) is 0. The number of nitrogens with zero attached hydrogens (tertiary/aromatic N) is 1. The first-order valence-corrected chi connectivity index (χ1v) is 10.2. The van der Waals surface area contributed by atoms with Gasteiger partial charge in [-0.05, 0) is 0 Å². The van der Waals surface area contributed by atoms with E-state index in [0.717, 1.165) is 0 Å². The number of rotatable bonds is 2. The molecular weight excluding hydrogens is 232 g/mol. The molecular formula is C8H12NSb. The van der Waals surface area contributed by atoms with E-state index in [1.807, 2.05) is 12.3 Å². The van der Waals surface area contributed by atoms with Crippen molar-refractivity contribution in [1.29, 1.82) is 0 Å². The third-order valence-electron chi connectivity index (χ3n) is 1.20. The molecule has 0 unspecified atom stereocenters. The van der Waals surface area contributed by atoms with E-state index in [4.69, 9.17) is 0 Å². The third kappa shape index (κ3) is 2.70. The summed E-state index contributed by atoms with van der Waals surface area (Å²) in [5.41, 5.74) is 1.27. The average Bonchev–Trinajstić information content (AvgIpc) is 1.88. The van der Waals surface area contributed by atoms with Crippen molar-refractivity contribution >= 4 is 20.2 Å². The van der Waals surface area contributed by atoms with Crippen molar-refractivity contribution in [1.82, 2.24) is 4.98 Å². The predicted molar refractivity (Wildman–Crippen MR) is 45.4 cm³/mol. The normalized spacial score (nSPS) is 10.3. The molecule has 1 rings (SSSR count). The van der Waals surface area contributed by atoms with E-state index in [1.54, 1.807) is 0 Å². The molecule has 0 radical (unpaired) electrons. The van der Waals surface area contributed by atoms with Gasteiger partial charge in [0.15, 0.2) is 0 Å². The molecule has 1 aromatic rings. The fraction of sp³-hybridized carbons (Fsp3) is 0.375. The molecule has 0 N–H and O–H groups in total. The quantitative estimate of drug-likeness (QED) is 0.724. The molecule has 2 heteroatoms. The van der Waals surface area contributed by atoms with E-state index in [9.17, 15) is 0 Å². The Morgan fingerprint density at radius 2 is 2.20 bits per heavy atom. The van der Waals surface area contributed by atoms with Crippen molar-refractivity contribution in [3.63, 3.8) is 0 Å². The van der Waals surface area contributed by atoms with E-state index in [2.05, 4.69) is 26.9 Å². The Morgan fingerprint density at radius 1 is 1.40 bits per heavy atom. The SMILES string of the molecule is [CH3][Sb]([CH3])[CH2]c1ccccn1. The molecule has 0 aliphatic carbocycles. The van der Waals surface area contributed by atoms with Gasteiger partial charge in [0.25, 0.3) is 0 Å². The molecule has 1 nitrogen and oxygen atoms in total. The van der Waals surface area contributed by atoms with E-state index in [-0.39, 0.29) is 0 Å². The van der Waals surface area contributed by atoms with Crippen LogP contribution in [0.25, 0.3) is 0 Å². The Labute approximate surface area is 69.4 Å². The summed E-state index contributed by atoms with van der Waals surface area (Å²) in [6, 6.07) is 6.15. The van der Waals surface area contributed by atoms with Crippen LogP contribution in [0.15, 0.2) is 24.4 Å². The summed E-state index contributed by atoms with van der Waals surface area (Å²) in [6.45, 7) is 0. The van der Waals surface area contributed by atoms with Crippen LogP contribution in [0.4, 0.5) is 0 Å². The van der Waals surface area contributed by atoms with Crippen LogP contribution >= 0.6 is 0 Å². The number of aromatic nitrogens is 1. The predicted octanol–water partition coefficient (Wildman–Crippen LogP) is 1.92. The molecule has 0 spiro atoms. The molecule has 0 aromatic carbocycles. The molecule has 0 aliphatic heterocycles. The van der Waals surface area contributed by atoms with Crippen molar-refractivity contribution < 1.29 is 0 Å². The van der Waals surface area contributed by atoms with Crippen LogP contribution in [0.3, 0.4) is 0 Å². The second kappa shape index (κ2) is 3.98. The summed E-state index contributed by atoms with van der Waals surface area (Å²) < 4.78 is 1.27. The Balaban J connectivity index is 2.59. The molecule has 0 saturated carbocycles. The van der Waals surface area contributed by atoms with Crippen LogP contribution in [-0.4, -0.2) is 25.2 Å². The summed E-state index contributed by atoms with van der Waals surface area (Å²) in [5, 5.41) is 0. The van der Waals surface area contributed by atoms with Crippen LogP contribution in [-0.2, 0) is 4.37 Å². The first kappa shape index (κ1) is 8.07. The monoisotopic (exact) mass is 243 g/mol. The Hall–Kier alpha value is -0.0318. The summed E-state index contributed by atoms with van der Waals surface area (Å²) in [7, 11) is 0. The van der Waals surface area contributed by atoms with Gasteiger partial charge in [-0.1, -0.05) is 0 Å². The first-order chi connectivity index (χ1) is 4.79. The van der Waals surface area contributed by atoms with E-state index < -0.39 is 20.2 Å². The van der Waals surface area contributed by atoms with Crippen LogP contribution in [0.5, 0.6) is 0 Å². The standard InChI is InChI=1S/C6H6N.2CH3.Sb/c1-6-4-2-3-5-7-6;;;/h2-5H,1H2;2*1H3;. The van der Waals surface area contributed by atoms with Gasteiger partial charge < -0.3 is 0 Å². The summed E-state index contributed by atoms with van der Waals surface area (Å²) in [5.74, 6) is 0. The fourth-order valence-corrected chi connectivity index (χ4v) is 3.20. The van der Waals surface area contributed by atoms with Gasteiger partial charge in [-0.2, -0.15) is 0 Å². The van der Waals surface area contributed by atoms with Crippen LogP contribution in [0, 0.1) is 0 Å². The van der Waals surface area contributed by atoms with Crippen molar-refractivity contribution in [3.8, 4) is 0 Å². The second-order valence-electron chi connectivity index (χ2n) is 2.56. The topological polar surface area (TPSA) is 12.9 Å². The van der Waals surface area contributed by atoms with Crippen molar-refractivity contribution in [2.24, 2.45) is 0 Å². The molecule has 0 aliphatic rings. The minimum atomic E-state index is -0.832. The summed E-state index contributed by atoms with van der Waals surface area (Å²) in [6.07, 6.45) is 1.87. The molecule has 0 fully saturated rings. The van der Waals surface area contributed by atoms with Crippen LogP contribution in [0.2, 0.25) is 9.74 Å². The molecule has 10 heavy (non-hydrogen) atoms. The minimum absolute atomic E-state index is 0.832. The van der Waals surface area contributed by atoms with Gasteiger partial charge in [0.1, 0.15) is 0 Å². The maximum absolute atomic E-state index is 4.26. The molecule has 1 heterocycles. The first-order valence-electron chi connectivity index (χ1n) is 3.33. The van der Waals surface area contributed by atoms with Gasteiger partial charge >= 0.3 is 69.4 Å². The Bertz CT molecular complexity index is 184. The molecule has 0 saturated heterocycles. The molecule has 0 bridgehead atoms. The fourth-order valence-electron chi connectivity index (χ4n) is 0.816. The third-order valence-corrected chi connectivity index (χ3v) is 3.93. The van der Waals surface area contributed by atoms with Gasteiger partial charge in [0.2, 0.25) is 0 Å². The van der Waals surface area contributed by atoms with E-state index >= 15 is 0 Å². The summed E-state index contributed by atoms with van der Waals surface area (Å²) in [4.78, 5) is 9.04. The summed E-state index contributed by atoms with van der Waals surface area (Å²) >= 11 is -0.832. The zero-order chi connectivity index (χ0) is 7.40. The van der Waals surface area contributed by atoms with Crippen molar-refractivity contribution in [2.45, 2.75) is 14.1 Å². The van der Waals surface area contributed by atoms with Crippen LogP contribution < -0.4 is 0 Å². The van der Waals surface area contributed by atoms with Gasteiger partial charge in [-0.15, -0.1) is 0 Å². The second-order valence-corrected chi connectivity index (χ2v) is 9.62. The average molecular weight is 244 g/mol. The van der Waals surface area contributed by atoms with Gasteiger partial charge in [-0.3, -0.25) is 0 Å². The zero-order valence-corrected chi connectivity index (χ0v) is 8.96.